The molecular formula is C19H15Cl2F3N2O3. The van der Waals surface area contributed by atoms with Crippen molar-refractivity contribution in [2.75, 3.05) is 13.2 Å². The number of rotatable bonds is 7. The van der Waals surface area contributed by atoms with Gasteiger partial charge in [0, 0.05) is 6.07 Å². The summed E-state index contributed by atoms with van der Waals surface area (Å²) in [6, 6.07) is 10.4. The van der Waals surface area contributed by atoms with Gasteiger partial charge in [-0.05, 0) is 43.3 Å². The van der Waals surface area contributed by atoms with Crippen molar-refractivity contribution in [3.8, 4) is 17.6 Å². The summed E-state index contributed by atoms with van der Waals surface area (Å²) in [7, 11) is 0. The Kier molecular flexibility index (Phi) is 7.22. The maximum absolute atomic E-state index is 12.6. The smallest absolute Gasteiger partial charge is 0.416 e. The van der Waals surface area contributed by atoms with E-state index in [2.05, 4.69) is 5.32 Å². The summed E-state index contributed by atoms with van der Waals surface area (Å²) in [6.45, 7) is 0.733. The molecular weight excluding hydrogens is 432 g/mol. The van der Waals surface area contributed by atoms with E-state index in [0.29, 0.717) is 10.8 Å². The predicted octanol–water partition coefficient (Wildman–Crippen LogP) is 4.87. The average molecular weight is 447 g/mol. The Balaban J connectivity index is 1.90. The Hall–Kier alpha value is -2.63. The van der Waals surface area contributed by atoms with Gasteiger partial charge in [0.2, 0.25) is 0 Å². The fourth-order valence-corrected chi connectivity index (χ4v) is 2.41. The second-order valence-electron chi connectivity index (χ2n) is 6.17. The Morgan fingerprint density at radius 2 is 1.69 bits per heavy atom. The molecule has 0 aliphatic rings. The molecule has 0 aliphatic carbocycles. The molecule has 0 aliphatic heterocycles. The number of ether oxygens (including phenoxy) is 2. The van der Waals surface area contributed by atoms with Crippen molar-refractivity contribution in [2.45, 2.75) is 18.6 Å². The van der Waals surface area contributed by atoms with Crippen LogP contribution in [0.2, 0.25) is 10.0 Å². The molecule has 29 heavy (non-hydrogen) atoms. The third-order valence-corrected chi connectivity index (χ3v) is 4.37. The molecule has 154 valence electrons. The monoisotopic (exact) mass is 446 g/mol. The lowest BCUT2D eigenvalue weighted by molar-refractivity contribution is -0.137. The number of nitrogens with one attached hydrogen (secondary N) is 1. The van der Waals surface area contributed by atoms with Crippen LogP contribution in [0.4, 0.5) is 13.2 Å². The molecule has 0 aromatic heterocycles. The number of alkyl halides is 3. The van der Waals surface area contributed by atoms with Gasteiger partial charge in [0.1, 0.15) is 18.1 Å². The number of nitriles is 1. The molecule has 0 bridgehead atoms. The lowest BCUT2D eigenvalue weighted by Gasteiger charge is -2.23. The van der Waals surface area contributed by atoms with E-state index in [4.69, 9.17) is 32.7 Å². The minimum atomic E-state index is -4.46. The van der Waals surface area contributed by atoms with Gasteiger partial charge in [-0.25, -0.2) is 0 Å². The van der Waals surface area contributed by atoms with Gasteiger partial charge >= 0.3 is 6.18 Å². The van der Waals surface area contributed by atoms with E-state index in [1.807, 2.05) is 6.07 Å². The Bertz CT molecular complexity index is 914. The highest BCUT2D eigenvalue weighted by Gasteiger charge is 2.31. The molecule has 2 aromatic rings. The average Bonchev–Trinajstić information content (AvgIpc) is 2.67. The molecule has 5 nitrogen and oxygen atoms in total. The summed E-state index contributed by atoms with van der Waals surface area (Å²) in [6.07, 6.45) is -4.46. The van der Waals surface area contributed by atoms with E-state index in [0.717, 1.165) is 24.3 Å². The van der Waals surface area contributed by atoms with Crippen LogP contribution in [-0.4, -0.2) is 24.7 Å². The molecule has 1 amide bonds. The molecule has 0 heterocycles. The molecule has 0 fully saturated rings. The lowest BCUT2D eigenvalue weighted by Crippen LogP contribution is -2.50. The van der Waals surface area contributed by atoms with Crippen LogP contribution < -0.4 is 14.8 Å². The molecule has 2 aromatic carbocycles. The van der Waals surface area contributed by atoms with Crippen molar-refractivity contribution in [3.63, 3.8) is 0 Å². The molecule has 0 saturated heterocycles. The summed E-state index contributed by atoms with van der Waals surface area (Å²) in [5, 5.41) is 12.4. The van der Waals surface area contributed by atoms with Gasteiger partial charge in [0.05, 0.1) is 21.7 Å². The van der Waals surface area contributed by atoms with Crippen molar-refractivity contribution >= 4 is 29.1 Å². The van der Waals surface area contributed by atoms with E-state index >= 15 is 0 Å². The second kappa shape index (κ2) is 9.25. The van der Waals surface area contributed by atoms with Crippen LogP contribution in [0.15, 0.2) is 42.5 Å². The number of hydrogen-bond acceptors (Lipinski definition) is 4. The summed E-state index contributed by atoms with van der Waals surface area (Å²) < 4.78 is 48.4. The van der Waals surface area contributed by atoms with Crippen molar-refractivity contribution in [1.82, 2.24) is 5.32 Å². The maximum Gasteiger partial charge on any atom is 0.416 e. The number of amides is 1. The lowest BCUT2D eigenvalue weighted by atomic mass is 10.1. The van der Waals surface area contributed by atoms with E-state index in [1.54, 1.807) is 0 Å². The summed E-state index contributed by atoms with van der Waals surface area (Å²) in [5.41, 5.74) is -2.25. The van der Waals surface area contributed by atoms with Crippen molar-refractivity contribution in [2.24, 2.45) is 0 Å². The zero-order valence-corrected chi connectivity index (χ0v) is 16.5. The highest BCUT2D eigenvalue weighted by Crippen LogP contribution is 2.30. The van der Waals surface area contributed by atoms with E-state index < -0.39 is 29.8 Å². The molecule has 1 atom stereocenters. The fraction of sp³-hybridized carbons (Fsp3) is 0.263. The maximum atomic E-state index is 12.6. The normalized spacial score (nSPS) is 13.1. The Morgan fingerprint density at radius 1 is 1.07 bits per heavy atom. The van der Waals surface area contributed by atoms with Crippen LogP contribution in [0, 0.1) is 11.3 Å². The first-order valence-corrected chi connectivity index (χ1v) is 8.88. The van der Waals surface area contributed by atoms with Crippen LogP contribution in [0.3, 0.4) is 0 Å². The molecule has 2 rings (SSSR count). The van der Waals surface area contributed by atoms with Crippen molar-refractivity contribution < 1.29 is 27.4 Å². The van der Waals surface area contributed by atoms with Crippen molar-refractivity contribution in [1.29, 1.82) is 5.26 Å². The SMILES string of the molecule is CC(C#N)(COc1ccc(C(F)(F)F)cc1)NC(=O)COc1ccc(Cl)c(Cl)c1. The third-order valence-electron chi connectivity index (χ3n) is 3.63. The quantitative estimate of drug-likeness (QED) is 0.658. The fourth-order valence-electron chi connectivity index (χ4n) is 2.12. The van der Waals surface area contributed by atoms with Gasteiger partial charge in [0.25, 0.3) is 5.91 Å². The van der Waals surface area contributed by atoms with Crippen molar-refractivity contribution in [3.05, 3.63) is 58.1 Å². The first-order valence-electron chi connectivity index (χ1n) is 8.12. The number of carbonyl (C=O) groups excluding carboxylic acids is 1. The largest absolute Gasteiger partial charge is 0.490 e. The number of hydrogen-bond donors (Lipinski definition) is 1. The van der Waals surface area contributed by atoms with E-state index in [-0.39, 0.29) is 17.4 Å². The Morgan fingerprint density at radius 3 is 2.24 bits per heavy atom. The summed E-state index contributed by atoms with van der Waals surface area (Å²) >= 11 is 11.7. The number of benzene rings is 2. The Labute approximate surface area is 174 Å². The highest BCUT2D eigenvalue weighted by atomic mass is 35.5. The van der Waals surface area contributed by atoms with Gasteiger partial charge in [-0.1, -0.05) is 23.2 Å². The number of carbonyl (C=O) groups is 1. The molecule has 10 heteroatoms. The van der Waals surface area contributed by atoms with Gasteiger partial charge in [0.15, 0.2) is 12.1 Å². The van der Waals surface area contributed by atoms with E-state index in [1.165, 1.54) is 25.1 Å². The van der Waals surface area contributed by atoms with Crippen LogP contribution in [0.25, 0.3) is 0 Å². The summed E-state index contributed by atoms with van der Waals surface area (Å²) in [5.74, 6) is -0.161. The number of halogens is 5. The molecule has 0 spiro atoms. The van der Waals surface area contributed by atoms with Gasteiger partial charge in [-0.2, -0.15) is 18.4 Å². The zero-order chi connectivity index (χ0) is 21.7. The van der Waals surface area contributed by atoms with Gasteiger partial charge in [-0.15, -0.1) is 0 Å². The van der Waals surface area contributed by atoms with E-state index in [9.17, 15) is 23.2 Å². The van der Waals surface area contributed by atoms with Crippen LogP contribution in [0.5, 0.6) is 11.5 Å². The standard InChI is InChI=1S/C19H15Cl2F3N2O3/c1-18(10-25,11-29-13-4-2-12(3-5-13)19(22,23)24)26-17(27)9-28-14-6-7-15(20)16(21)8-14/h2-8H,9,11H2,1H3,(H,26,27). The topological polar surface area (TPSA) is 71.3 Å². The first kappa shape index (κ1) is 22.7. The summed E-state index contributed by atoms with van der Waals surface area (Å²) in [4.78, 5) is 12.1. The van der Waals surface area contributed by atoms with Gasteiger partial charge < -0.3 is 14.8 Å². The minimum absolute atomic E-state index is 0.126. The second-order valence-corrected chi connectivity index (χ2v) is 6.98. The first-order chi connectivity index (χ1) is 13.5. The molecule has 1 N–H and O–H groups in total. The van der Waals surface area contributed by atoms with Crippen LogP contribution >= 0.6 is 23.2 Å². The van der Waals surface area contributed by atoms with Crippen LogP contribution in [0.1, 0.15) is 12.5 Å². The number of nitrogens with zero attached hydrogens (tertiary/aromatic N) is 1. The third kappa shape index (κ3) is 6.73. The van der Waals surface area contributed by atoms with Gasteiger partial charge in [-0.3, -0.25) is 4.79 Å². The zero-order valence-electron chi connectivity index (χ0n) is 15.0. The highest BCUT2D eigenvalue weighted by molar-refractivity contribution is 6.42. The van der Waals surface area contributed by atoms with Crippen LogP contribution in [-0.2, 0) is 11.0 Å². The molecule has 0 radical (unpaired) electrons. The molecule has 0 saturated carbocycles. The minimum Gasteiger partial charge on any atom is -0.490 e. The predicted molar refractivity (Wildman–Crippen MR) is 101 cm³/mol. The molecule has 1 unspecified atom stereocenters.